The predicted octanol–water partition coefficient (Wildman–Crippen LogP) is 5.74. The number of carbonyl (C=O) groups is 2. The van der Waals surface area contributed by atoms with E-state index in [9.17, 15) is 9.59 Å². The third-order valence-corrected chi connectivity index (χ3v) is 4.81. The number of nitrogens with zero attached hydrogens (tertiary/aromatic N) is 1. The fourth-order valence-electron chi connectivity index (χ4n) is 2.49. The van der Waals surface area contributed by atoms with Gasteiger partial charge < -0.3 is 9.26 Å². The van der Waals surface area contributed by atoms with E-state index in [-0.39, 0.29) is 32.8 Å². The van der Waals surface area contributed by atoms with Crippen LogP contribution in [0.15, 0.2) is 53.1 Å². The molecule has 29 heavy (non-hydrogen) atoms. The van der Waals surface area contributed by atoms with E-state index in [0.717, 1.165) is 0 Å². The number of esters is 1. The lowest BCUT2D eigenvalue weighted by atomic mass is 10.1. The van der Waals surface area contributed by atoms with Gasteiger partial charge in [-0.15, -0.1) is 0 Å². The van der Waals surface area contributed by atoms with Crippen molar-refractivity contribution in [3.05, 3.63) is 74.7 Å². The van der Waals surface area contributed by atoms with E-state index in [2.05, 4.69) is 10.5 Å². The Morgan fingerprint density at radius 3 is 2.34 bits per heavy atom. The lowest BCUT2D eigenvalue weighted by Crippen LogP contribution is -2.12. The molecule has 0 aliphatic heterocycles. The molecule has 0 fully saturated rings. The van der Waals surface area contributed by atoms with Crippen LogP contribution in [0.4, 0.5) is 5.88 Å². The number of halogens is 3. The minimum absolute atomic E-state index is 0.0535. The Morgan fingerprint density at radius 2 is 1.69 bits per heavy atom. The highest BCUT2D eigenvalue weighted by Crippen LogP contribution is 2.38. The van der Waals surface area contributed by atoms with Crippen molar-refractivity contribution in [3.8, 4) is 11.3 Å². The highest BCUT2D eigenvalue weighted by Gasteiger charge is 2.28. The van der Waals surface area contributed by atoms with E-state index in [4.69, 9.17) is 44.1 Å². The van der Waals surface area contributed by atoms with Crippen LogP contribution >= 0.6 is 34.8 Å². The number of hydrogen-bond donors (Lipinski definition) is 1. The minimum Gasteiger partial charge on any atom is -0.465 e. The van der Waals surface area contributed by atoms with Gasteiger partial charge in [0.25, 0.3) is 5.91 Å². The molecule has 148 valence electrons. The van der Waals surface area contributed by atoms with E-state index >= 15 is 0 Å². The van der Waals surface area contributed by atoms with Gasteiger partial charge in [-0.2, -0.15) is 0 Å². The molecule has 0 unspecified atom stereocenters. The van der Waals surface area contributed by atoms with Crippen LogP contribution in [0, 0.1) is 0 Å². The number of amides is 1. The number of hydrogen-bond acceptors (Lipinski definition) is 5. The molecule has 6 nitrogen and oxygen atoms in total. The molecule has 1 N–H and O–H groups in total. The lowest BCUT2D eigenvalue weighted by Gasteiger charge is -2.06. The predicted molar refractivity (Wildman–Crippen MR) is 112 cm³/mol. The Labute approximate surface area is 181 Å². The molecule has 1 heterocycles. The number of ether oxygens (including phenoxy) is 1. The standard InChI is InChI=1S/C20H13Cl3N2O4/c1-28-20(27)17-18(16-13(22)7-4-8-14(16)23)25-29-19(17)24-15(26)10-9-11-5-2-3-6-12(11)21/h2-10H,1H3,(H,24,26)/b10-9+. The quantitative estimate of drug-likeness (QED) is 0.395. The van der Waals surface area contributed by atoms with Crippen LogP contribution in [0.3, 0.4) is 0 Å². The average Bonchev–Trinajstić information content (AvgIpc) is 3.09. The second kappa shape index (κ2) is 9.13. The highest BCUT2D eigenvalue weighted by molar-refractivity contribution is 6.39. The second-order valence-electron chi connectivity index (χ2n) is 5.67. The lowest BCUT2D eigenvalue weighted by molar-refractivity contribution is -0.112. The molecular formula is C20H13Cl3N2O4. The van der Waals surface area contributed by atoms with Gasteiger partial charge in [0.05, 0.1) is 17.2 Å². The van der Waals surface area contributed by atoms with Gasteiger partial charge in [0, 0.05) is 16.7 Å². The summed E-state index contributed by atoms with van der Waals surface area (Å²) in [5.41, 5.74) is 0.880. The summed E-state index contributed by atoms with van der Waals surface area (Å²) in [6.45, 7) is 0. The van der Waals surface area contributed by atoms with Gasteiger partial charge in [-0.25, -0.2) is 4.79 Å². The first-order valence-electron chi connectivity index (χ1n) is 8.18. The van der Waals surface area contributed by atoms with Gasteiger partial charge in [-0.1, -0.05) is 64.2 Å². The number of carbonyl (C=O) groups excluding carboxylic acids is 2. The Kier molecular flexibility index (Phi) is 6.59. The van der Waals surface area contributed by atoms with Crippen molar-refractivity contribution < 1.29 is 18.8 Å². The third-order valence-electron chi connectivity index (χ3n) is 3.84. The number of methoxy groups -OCH3 is 1. The molecule has 0 saturated heterocycles. The Bertz CT molecular complexity index is 1090. The second-order valence-corrected chi connectivity index (χ2v) is 6.89. The number of benzene rings is 2. The first-order chi connectivity index (χ1) is 13.9. The van der Waals surface area contributed by atoms with E-state index < -0.39 is 11.9 Å². The fraction of sp³-hybridized carbons (Fsp3) is 0.0500. The number of nitrogens with one attached hydrogen (secondary N) is 1. The Morgan fingerprint density at radius 1 is 1.03 bits per heavy atom. The van der Waals surface area contributed by atoms with Crippen LogP contribution in [-0.2, 0) is 9.53 Å². The van der Waals surface area contributed by atoms with Gasteiger partial charge in [0.2, 0.25) is 5.88 Å². The van der Waals surface area contributed by atoms with Crippen molar-refractivity contribution in [3.63, 3.8) is 0 Å². The van der Waals surface area contributed by atoms with Gasteiger partial charge in [0.1, 0.15) is 5.69 Å². The van der Waals surface area contributed by atoms with E-state index in [1.165, 1.54) is 19.3 Å². The van der Waals surface area contributed by atoms with Gasteiger partial charge in [-0.05, 0) is 29.8 Å². The normalized spacial score (nSPS) is 10.9. The smallest absolute Gasteiger partial charge is 0.345 e. The van der Waals surface area contributed by atoms with E-state index in [1.807, 2.05) is 0 Å². The van der Waals surface area contributed by atoms with Crippen molar-refractivity contribution in [1.29, 1.82) is 0 Å². The molecule has 0 aliphatic rings. The first-order valence-corrected chi connectivity index (χ1v) is 9.31. The van der Waals surface area contributed by atoms with Crippen molar-refractivity contribution in [2.75, 3.05) is 12.4 Å². The Hall–Kier alpha value is -2.80. The summed E-state index contributed by atoms with van der Waals surface area (Å²) < 4.78 is 9.96. The molecule has 0 aliphatic carbocycles. The first kappa shape index (κ1) is 20.9. The number of anilines is 1. The number of aromatic nitrogens is 1. The van der Waals surface area contributed by atoms with E-state index in [1.54, 1.807) is 42.5 Å². The van der Waals surface area contributed by atoms with Crippen LogP contribution in [0.5, 0.6) is 0 Å². The summed E-state index contributed by atoms with van der Waals surface area (Å²) in [5, 5.41) is 7.32. The van der Waals surface area contributed by atoms with Crippen LogP contribution in [0.2, 0.25) is 15.1 Å². The topological polar surface area (TPSA) is 81.4 Å². The summed E-state index contributed by atoms with van der Waals surface area (Å²) in [4.78, 5) is 24.6. The fourth-order valence-corrected chi connectivity index (χ4v) is 3.27. The van der Waals surface area contributed by atoms with Crippen molar-refractivity contribution in [2.24, 2.45) is 0 Å². The maximum absolute atomic E-state index is 12.3. The average molecular weight is 452 g/mol. The third kappa shape index (κ3) is 4.62. The summed E-state index contributed by atoms with van der Waals surface area (Å²) in [5.74, 6) is -1.54. The van der Waals surface area contributed by atoms with Crippen molar-refractivity contribution in [1.82, 2.24) is 5.16 Å². The zero-order valence-electron chi connectivity index (χ0n) is 14.9. The molecule has 0 radical (unpaired) electrons. The minimum atomic E-state index is -0.775. The van der Waals surface area contributed by atoms with Crippen LogP contribution in [0.25, 0.3) is 17.3 Å². The van der Waals surface area contributed by atoms with Crippen molar-refractivity contribution in [2.45, 2.75) is 0 Å². The maximum atomic E-state index is 12.3. The van der Waals surface area contributed by atoms with Crippen LogP contribution in [-0.4, -0.2) is 24.1 Å². The molecular weight excluding hydrogens is 439 g/mol. The molecule has 2 aromatic carbocycles. The van der Waals surface area contributed by atoms with Gasteiger partial charge in [0.15, 0.2) is 5.56 Å². The molecule has 1 amide bonds. The molecule has 9 heteroatoms. The molecule has 3 aromatic rings. The van der Waals surface area contributed by atoms with Gasteiger partial charge in [-0.3, -0.25) is 10.1 Å². The molecule has 0 atom stereocenters. The van der Waals surface area contributed by atoms with E-state index in [0.29, 0.717) is 10.6 Å². The Balaban J connectivity index is 1.94. The van der Waals surface area contributed by atoms with Crippen LogP contribution in [0.1, 0.15) is 15.9 Å². The molecule has 0 saturated carbocycles. The molecule has 0 bridgehead atoms. The zero-order valence-corrected chi connectivity index (χ0v) is 17.2. The summed E-state index contributed by atoms with van der Waals surface area (Å²) >= 11 is 18.5. The number of rotatable bonds is 5. The zero-order chi connectivity index (χ0) is 21.0. The summed E-state index contributed by atoms with van der Waals surface area (Å²) in [7, 11) is 1.19. The van der Waals surface area contributed by atoms with Gasteiger partial charge >= 0.3 is 5.97 Å². The summed E-state index contributed by atoms with van der Waals surface area (Å²) in [6.07, 6.45) is 2.77. The summed E-state index contributed by atoms with van der Waals surface area (Å²) in [6, 6.07) is 11.8. The SMILES string of the molecule is COC(=O)c1c(-c2c(Cl)cccc2Cl)noc1NC(=O)/C=C/c1ccccc1Cl. The van der Waals surface area contributed by atoms with Crippen molar-refractivity contribution >= 4 is 58.6 Å². The highest BCUT2D eigenvalue weighted by atomic mass is 35.5. The maximum Gasteiger partial charge on any atom is 0.345 e. The monoisotopic (exact) mass is 450 g/mol. The molecule has 1 aromatic heterocycles. The van der Waals surface area contributed by atoms with Crippen LogP contribution < -0.4 is 5.32 Å². The molecule has 3 rings (SSSR count). The largest absolute Gasteiger partial charge is 0.465 e. The molecule has 0 spiro atoms.